The zero-order valence-corrected chi connectivity index (χ0v) is 17.3. The van der Waals surface area contributed by atoms with Crippen LogP contribution in [0.4, 0.5) is 5.00 Å². The molecule has 0 aliphatic heterocycles. The molecule has 9 heteroatoms. The highest BCUT2D eigenvalue weighted by Crippen LogP contribution is 2.38. The number of nitrogens with zero attached hydrogens (tertiary/aromatic N) is 1. The summed E-state index contributed by atoms with van der Waals surface area (Å²) in [6, 6.07) is 1.42. The summed E-state index contributed by atoms with van der Waals surface area (Å²) in [5, 5.41) is 3.09. The minimum atomic E-state index is -0.714. The van der Waals surface area contributed by atoms with E-state index >= 15 is 0 Å². The lowest BCUT2D eigenvalue weighted by atomic mass is 9.95. The number of hydrogen-bond donors (Lipinski definition) is 1. The highest BCUT2D eigenvalue weighted by molar-refractivity contribution is 7.17. The average Bonchev–Trinajstić information content (AvgIpc) is 3.26. The van der Waals surface area contributed by atoms with Crippen molar-refractivity contribution in [1.29, 1.82) is 0 Å². The molecule has 0 radical (unpaired) electrons. The Bertz CT molecular complexity index is 988. The van der Waals surface area contributed by atoms with E-state index in [1.165, 1.54) is 42.2 Å². The molecule has 0 spiro atoms. The van der Waals surface area contributed by atoms with Gasteiger partial charge in [0.15, 0.2) is 12.4 Å². The first kappa shape index (κ1) is 20.8. The van der Waals surface area contributed by atoms with E-state index in [4.69, 9.17) is 9.47 Å². The normalized spacial score (nSPS) is 12.8. The van der Waals surface area contributed by atoms with Gasteiger partial charge in [-0.3, -0.25) is 9.59 Å². The lowest BCUT2D eigenvalue weighted by molar-refractivity contribution is -0.119. The predicted molar refractivity (Wildman–Crippen MR) is 107 cm³/mol. The van der Waals surface area contributed by atoms with Crippen molar-refractivity contribution in [1.82, 2.24) is 4.57 Å². The van der Waals surface area contributed by atoms with Gasteiger partial charge >= 0.3 is 11.9 Å². The molecule has 0 bridgehead atoms. The van der Waals surface area contributed by atoms with Crippen LogP contribution in [0.5, 0.6) is 0 Å². The summed E-state index contributed by atoms with van der Waals surface area (Å²) >= 11 is 1.36. The topological polar surface area (TPSA) is 104 Å². The second-order valence-electron chi connectivity index (χ2n) is 6.81. The summed E-state index contributed by atoms with van der Waals surface area (Å²) < 4.78 is 11.4. The molecule has 8 nitrogen and oxygen atoms in total. The molecule has 29 heavy (non-hydrogen) atoms. The van der Waals surface area contributed by atoms with Crippen molar-refractivity contribution in [2.75, 3.05) is 19.0 Å². The van der Waals surface area contributed by atoms with Crippen molar-refractivity contribution in [3.63, 3.8) is 0 Å². The van der Waals surface area contributed by atoms with Crippen molar-refractivity contribution in [2.45, 2.75) is 32.6 Å². The Morgan fingerprint density at radius 3 is 2.55 bits per heavy atom. The number of carbonyl (C=O) groups is 4. The smallest absolute Gasteiger partial charge is 0.355 e. The molecule has 2 aromatic rings. The number of anilines is 1. The molecule has 0 aromatic carbocycles. The van der Waals surface area contributed by atoms with E-state index in [1.54, 1.807) is 7.05 Å². The fraction of sp³-hybridized carbons (Fsp3) is 0.400. The number of esters is 2. The molecule has 154 valence electrons. The monoisotopic (exact) mass is 418 g/mol. The molecule has 2 aromatic heterocycles. The first-order valence-corrected chi connectivity index (χ1v) is 10.0. The molecular weight excluding hydrogens is 396 g/mol. The summed E-state index contributed by atoms with van der Waals surface area (Å²) in [5.74, 6) is -1.93. The van der Waals surface area contributed by atoms with Gasteiger partial charge in [0.2, 0.25) is 0 Å². The molecule has 0 unspecified atom stereocenters. The molecule has 0 saturated carbocycles. The number of carbonyl (C=O) groups excluding carboxylic acids is 4. The number of aryl methyl sites for hydroxylation is 2. The average molecular weight is 418 g/mol. The van der Waals surface area contributed by atoms with Crippen molar-refractivity contribution in [3.05, 3.63) is 39.5 Å². The van der Waals surface area contributed by atoms with Crippen LogP contribution in [0.2, 0.25) is 0 Å². The number of ether oxygens (including phenoxy) is 2. The summed E-state index contributed by atoms with van der Waals surface area (Å²) in [6.07, 6.45) is 5.18. The lowest BCUT2D eigenvalue weighted by Crippen LogP contribution is -2.22. The van der Waals surface area contributed by atoms with Gasteiger partial charge in [0.25, 0.3) is 5.91 Å². The molecule has 0 fully saturated rings. The minimum Gasteiger partial charge on any atom is -0.465 e. The van der Waals surface area contributed by atoms with Crippen LogP contribution >= 0.6 is 11.3 Å². The van der Waals surface area contributed by atoms with E-state index in [0.29, 0.717) is 16.1 Å². The molecule has 0 atom stereocenters. The van der Waals surface area contributed by atoms with E-state index in [9.17, 15) is 19.2 Å². The van der Waals surface area contributed by atoms with Crippen LogP contribution in [0.3, 0.4) is 0 Å². The summed E-state index contributed by atoms with van der Waals surface area (Å²) in [5.41, 5.74) is 1.88. The van der Waals surface area contributed by atoms with E-state index < -0.39 is 24.5 Å². The van der Waals surface area contributed by atoms with Gasteiger partial charge in [-0.2, -0.15) is 0 Å². The maximum absolute atomic E-state index is 12.3. The fourth-order valence-electron chi connectivity index (χ4n) is 3.30. The maximum atomic E-state index is 12.3. The number of aromatic nitrogens is 1. The molecule has 1 aliphatic rings. The predicted octanol–water partition coefficient (Wildman–Crippen LogP) is 2.75. The van der Waals surface area contributed by atoms with Crippen LogP contribution in [-0.4, -0.2) is 41.9 Å². The second kappa shape index (κ2) is 8.60. The molecule has 0 saturated heterocycles. The van der Waals surface area contributed by atoms with Crippen molar-refractivity contribution in [3.8, 4) is 0 Å². The molecule has 3 rings (SSSR count). The zero-order chi connectivity index (χ0) is 21.1. The van der Waals surface area contributed by atoms with Gasteiger partial charge in [-0.05, 0) is 44.2 Å². The molecule has 2 heterocycles. The molecule has 1 amide bonds. The SMILES string of the molecule is COC(=O)c1c(NC(=O)COC(=O)c2cc(C(C)=O)cn2C)sc2c1CCCC2. The first-order valence-electron chi connectivity index (χ1n) is 9.19. The lowest BCUT2D eigenvalue weighted by Gasteiger charge is -2.11. The molecule has 1 aliphatic carbocycles. The molecular formula is C20H22N2O6S. The largest absolute Gasteiger partial charge is 0.465 e. The number of amides is 1. The minimum absolute atomic E-state index is 0.171. The quantitative estimate of drug-likeness (QED) is 0.571. The third-order valence-electron chi connectivity index (χ3n) is 4.77. The maximum Gasteiger partial charge on any atom is 0.355 e. The Labute approximate surface area is 171 Å². The Kier molecular flexibility index (Phi) is 6.17. The van der Waals surface area contributed by atoms with E-state index in [1.807, 2.05) is 0 Å². The summed E-state index contributed by atoms with van der Waals surface area (Å²) in [7, 11) is 2.92. The number of fused-ring (bicyclic) bond motifs is 1. The summed E-state index contributed by atoms with van der Waals surface area (Å²) in [6.45, 7) is 0.889. The highest BCUT2D eigenvalue weighted by Gasteiger charge is 2.27. The van der Waals surface area contributed by atoms with Gasteiger partial charge < -0.3 is 19.4 Å². The Balaban J connectivity index is 1.68. The second-order valence-corrected chi connectivity index (χ2v) is 7.92. The van der Waals surface area contributed by atoms with Crippen LogP contribution < -0.4 is 5.32 Å². The van der Waals surface area contributed by atoms with Crippen molar-refractivity contribution in [2.24, 2.45) is 7.05 Å². The Morgan fingerprint density at radius 2 is 1.90 bits per heavy atom. The number of Topliss-reactive ketones (excluding diaryl/α,β-unsaturated/α-hetero) is 1. The van der Waals surface area contributed by atoms with Crippen molar-refractivity contribution < 1.29 is 28.7 Å². The first-order chi connectivity index (χ1) is 13.8. The van der Waals surface area contributed by atoms with Gasteiger partial charge in [-0.1, -0.05) is 0 Å². The molecule has 1 N–H and O–H groups in total. The van der Waals surface area contributed by atoms with Crippen LogP contribution in [0, 0.1) is 0 Å². The third kappa shape index (κ3) is 4.40. The van der Waals surface area contributed by atoms with Crippen molar-refractivity contribution >= 4 is 40.0 Å². The number of nitrogens with one attached hydrogen (secondary N) is 1. The number of hydrogen-bond acceptors (Lipinski definition) is 7. The van der Waals surface area contributed by atoms with Gasteiger partial charge in [-0.25, -0.2) is 9.59 Å². The van der Waals surface area contributed by atoms with Crippen LogP contribution in [0.1, 0.15) is 61.4 Å². The number of thiophene rings is 1. The number of rotatable bonds is 6. The van der Waals surface area contributed by atoms with Crippen LogP contribution in [0.15, 0.2) is 12.3 Å². The van der Waals surface area contributed by atoms with Gasteiger partial charge in [-0.15, -0.1) is 11.3 Å². The van der Waals surface area contributed by atoms with Crippen LogP contribution in [0.25, 0.3) is 0 Å². The van der Waals surface area contributed by atoms with Gasteiger partial charge in [0, 0.05) is 23.7 Å². The fourth-order valence-corrected chi connectivity index (χ4v) is 4.59. The standard InChI is InChI=1S/C20H22N2O6S/c1-11(23)12-8-14(22(2)9-12)19(25)28-10-16(24)21-18-17(20(26)27-3)13-6-4-5-7-15(13)29-18/h8-9H,4-7,10H2,1-3H3,(H,21,24). The van der Waals surface area contributed by atoms with E-state index in [0.717, 1.165) is 36.1 Å². The Morgan fingerprint density at radius 1 is 1.17 bits per heavy atom. The number of methoxy groups -OCH3 is 1. The van der Waals surface area contributed by atoms with E-state index in [-0.39, 0.29) is 11.5 Å². The zero-order valence-electron chi connectivity index (χ0n) is 16.5. The van der Waals surface area contributed by atoms with Crippen LogP contribution in [-0.2, 0) is 34.2 Å². The Hall–Kier alpha value is -2.94. The van der Waals surface area contributed by atoms with Gasteiger partial charge in [0.1, 0.15) is 10.7 Å². The van der Waals surface area contributed by atoms with E-state index in [2.05, 4.69) is 5.32 Å². The highest BCUT2D eigenvalue weighted by atomic mass is 32.1. The van der Waals surface area contributed by atoms with Gasteiger partial charge in [0.05, 0.1) is 12.7 Å². The summed E-state index contributed by atoms with van der Waals surface area (Å²) in [4.78, 5) is 49.3. The number of ketones is 1. The third-order valence-corrected chi connectivity index (χ3v) is 5.98.